The van der Waals surface area contributed by atoms with E-state index in [4.69, 9.17) is 20.5 Å². The first-order valence-corrected chi connectivity index (χ1v) is 9.97. The number of aryl methyl sites for hydroxylation is 2. The Hall–Kier alpha value is -3.38. The second-order valence-electron chi connectivity index (χ2n) is 7.29. The van der Waals surface area contributed by atoms with E-state index in [2.05, 4.69) is 5.16 Å². The molecule has 2 aromatic heterocycles. The molecule has 0 saturated carbocycles. The van der Waals surface area contributed by atoms with Gasteiger partial charge in [0.15, 0.2) is 11.2 Å². The van der Waals surface area contributed by atoms with Crippen molar-refractivity contribution in [1.29, 1.82) is 0 Å². The summed E-state index contributed by atoms with van der Waals surface area (Å²) in [6.45, 7) is 3.76. The molecular weight excluding hydrogens is 404 g/mol. The zero-order valence-corrected chi connectivity index (χ0v) is 17.1. The number of aromatic nitrogens is 1. The fraction of sp³-hybridized carbons (Fsp3) is 0.174. The summed E-state index contributed by atoms with van der Waals surface area (Å²) in [7, 11) is 0. The summed E-state index contributed by atoms with van der Waals surface area (Å²) >= 11 is 6.22. The van der Waals surface area contributed by atoms with Crippen LogP contribution in [-0.2, 0) is 6.42 Å². The third-order valence-corrected chi connectivity index (χ3v) is 5.60. The first-order chi connectivity index (χ1) is 14.5. The van der Waals surface area contributed by atoms with Gasteiger partial charge in [0, 0.05) is 11.1 Å². The van der Waals surface area contributed by atoms with Crippen LogP contribution in [0.5, 0.6) is 0 Å². The second kappa shape index (κ2) is 6.85. The number of benzene rings is 2. The van der Waals surface area contributed by atoms with E-state index in [1.54, 1.807) is 37.3 Å². The van der Waals surface area contributed by atoms with Gasteiger partial charge in [-0.05, 0) is 48.7 Å². The normalized spacial score (nSPS) is 15.8. The number of anilines is 1. The minimum Gasteiger partial charge on any atom is -0.450 e. The lowest BCUT2D eigenvalue weighted by Crippen LogP contribution is -2.29. The van der Waals surface area contributed by atoms with Crippen LogP contribution < -0.4 is 10.3 Å². The highest BCUT2D eigenvalue weighted by atomic mass is 35.5. The lowest BCUT2D eigenvalue weighted by Gasteiger charge is -2.22. The van der Waals surface area contributed by atoms with Crippen molar-refractivity contribution in [3.63, 3.8) is 0 Å². The molecule has 5 rings (SSSR count). The minimum absolute atomic E-state index is 0.0161. The summed E-state index contributed by atoms with van der Waals surface area (Å²) in [6.07, 6.45) is 0.785. The maximum absolute atomic E-state index is 13.6. The molecule has 1 amide bonds. The molecule has 4 aromatic rings. The lowest BCUT2D eigenvalue weighted by atomic mass is 9.98. The van der Waals surface area contributed by atoms with E-state index in [0.717, 1.165) is 12.0 Å². The van der Waals surface area contributed by atoms with Gasteiger partial charge in [-0.25, -0.2) is 0 Å². The van der Waals surface area contributed by atoms with Gasteiger partial charge in [0.2, 0.25) is 5.76 Å². The van der Waals surface area contributed by atoms with Gasteiger partial charge < -0.3 is 8.94 Å². The molecule has 1 aliphatic rings. The van der Waals surface area contributed by atoms with Gasteiger partial charge in [-0.15, -0.1) is 0 Å². The van der Waals surface area contributed by atoms with E-state index in [1.807, 2.05) is 25.1 Å². The molecule has 30 heavy (non-hydrogen) atoms. The Morgan fingerprint density at radius 1 is 1.13 bits per heavy atom. The molecule has 150 valence electrons. The van der Waals surface area contributed by atoms with Gasteiger partial charge >= 0.3 is 0 Å². The van der Waals surface area contributed by atoms with Gasteiger partial charge in [0.1, 0.15) is 11.3 Å². The molecule has 0 fully saturated rings. The average Bonchev–Trinajstić information content (AvgIpc) is 3.29. The maximum Gasteiger partial charge on any atom is 0.296 e. The van der Waals surface area contributed by atoms with Crippen molar-refractivity contribution in [3.8, 4) is 0 Å². The monoisotopic (exact) mass is 420 g/mol. The van der Waals surface area contributed by atoms with Crippen LogP contribution in [0.4, 0.5) is 5.82 Å². The molecule has 1 aliphatic heterocycles. The van der Waals surface area contributed by atoms with Crippen molar-refractivity contribution in [2.75, 3.05) is 4.90 Å². The number of carbonyl (C=O) groups is 1. The quantitative estimate of drug-likeness (QED) is 0.463. The molecular formula is C23H17ClN2O4. The molecule has 0 aliphatic carbocycles. The smallest absolute Gasteiger partial charge is 0.296 e. The Bertz CT molecular complexity index is 1370. The Balaban J connectivity index is 1.82. The summed E-state index contributed by atoms with van der Waals surface area (Å²) in [5.41, 5.74) is 2.13. The molecule has 7 heteroatoms. The molecule has 1 atom stereocenters. The lowest BCUT2D eigenvalue weighted by molar-refractivity contribution is 0.0969. The fourth-order valence-corrected chi connectivity index (χ4v) is 4.13. The number of hydrogen-bond acceptors (Lipinski definition) is 5. The van der Waals surface area contributed by atoms with Crippen LogP contribution in [0.1, 0.15) is 46.0 Å². The highest BCUT2D eigenvalue weighted by Gasteiger charge is 2.44. The Labute approximate surface area is 176 Å². The van der Waals surface area contributed by atoms with E-state index in [9.17, 15) is 9.59 Å². The number of amides is 1. The largest absolute Gasteiger partial charge is 0.450 e. The molecule has 0 N–H and O–H groups in total. The summed E-state index contributed by atoms with van der Waals surface area (Å²) in [5.74, 6) is 0.437. The van der Waals surface area contributed by atoms with E-state index < -0.39 is 11.9 Å². The number of rotatable bonds is 3. The first kappa shape index (κ1) is 18.6. The second-order valence-corrected chi connectivity index (χ2v) is 7.72. The third kappa shape index (κ3) is 2.75. The zero-order chi connectivity index (χ0) is 21.0. The number of fused-ring (bicyclic) bond motifs is 2. The van der Waals surface area contributed by atoms with Crippen molar-refractivity contribution >= 4 is 34.3 Å². The van der Waals surface area contributed by atoms with Crippen molar-refractivity contribution in [2.45, 2.75) is 26.3 Å². The highest BCUT2D eigenvalue weighted by Crippen LogP contribution is 2.41. The molecule has 0 bridgehead atoms. The van der Waals surface area contributed by atoms with Gasteiger partial charge in [-0.3, -0.25) is 14.5 Å². The topological polar surface area (TPSA) is 76.6 Å². The molecule has 6 nitrogen and oxygen atoms in total. The van der Waals surface area contributed by atoms with Crippen LogP contribution in [0.25, 0.3) is 11.0 Å². The molecule has 0 radical (unpaired) electrons. The van der Waals surface area contributed by atoms with Gasteiger partial charge in [0.05, 0.1) is 17.0 Å². The summed E-state index contributed by atoms with van der Waals surface area (Å²) in [6, 6.07) is 13.5. The summed E-state index contributed by atoms with van der Waals surface area (Å²) < 4.78 is 11.1. The van der Waals surface area contributed by atoms with Crippen LogP contribution in [0.3, 0.4) is 0 Å². The maximum atomic E-state index is 13.6. The Morgan fingerprint density at radius 3 is 2.67 bits per heavy atom. The SMILES string of the molecule is CCc1ccc2oc3c(c(=O)c2c1)C(c1cccc(Cl)c1)N(c1cc(C)on1)C3=O. The molecule has 1 unspecified atom stereocenters. The number of nitrogens with zero attached hydrogens (tertiary/aromatic N) is 2. The van der Waals surface area contributed by atoms with E-state index in [-0.39, 0.29) is 16.8 Å². The third-order valence-electron chi connectivity index (χ3n) is 5.37. The average molecular weight is 421 g/mol. The van der Waals surface area contributed by atoms with E-state index >= 15 is 0 Å². The van der Waals surface area contributed by atoms with Crippen LogP contribution in [0.15, 0.2) is 62.3 Å². The van der Waals surface area contributed by atoms with Crippen molar-refractivity contribution < 1.29 is 13.7 Å². The van der Waals surface area contributed by atoms with Crippen molar-refractivity contribution in [3.05, 3.63) is 92.0 Å². The Morgan fingerprint density at radius 2 is 1.97 bits per heavy atom. The van der Waals surface area contributed by atoms with E-state index in [1.165, 1.54) is 4.90 Å². The summed E-state index contributed by atoms with van der Waals surface area (Å²) in [4.78, 5) is 28.4. The van der Waals surface area contributed by atoms with Crippen LogP contribution in [-0.4, -0.2) is 11.1 Å². The number of halogens is 1. The fourth-order valence-electron chi connectivity index (χ4n) is 3.94. The predicted octanol–water partition coefficient (Wildman–Crippen LogP) is 5.06. The van der Waals surface area contributed by atoms with Gasteiger partial charge in [-0.1, -0.05) is 41.9 Å². The Kier molecular flexibility index (Phi) is 4.25. The zero-order valence-electron chi connectivity index (χ0n) is 16.3. The van der Waals surface area contributed by atoms with Crippen molar-refractivity contribution in [2.24, 2.45) is 0 Å². The number of carbonyl (C=O) groups excluding carboxylic acids is 1. The minimum atomic E-state index is -0.721. The van der Waals surface area contributed by atoms with Gasteiger partial charge in [0.25, 0.3) is 5.91 Å². The summed E-state index contributed by atoms with van der Waals surface area (Å²) in [5, 5.41) is 4.96. The molecule has 0 spiro atoms. The first-order valence-electron chi connectivity index (χ1n) is 9.60. The molecule has 0 saturated heterocycles. The number of hydrogen-bond donors (Lipinski definition) is 0. The molecule has 3 heterocycles. The van der Waals surface area contributed by atoms with Crippen LogP contribution >= 0.6 is 11.6 Å². The van der Waals surface area contributed by atoms with Crippen LogP contribution in [0.2, 0.25) is 5.02 Å². The predicted molar refractivity (Wildman–Crippen MR) is 113 cm³/mol. The van der Waals surface area contributed by atoms with E-state index in [0.29, 0.717) is 33.1 Å². The van der Waals surface area contributed by atoms with Crippen molar-refractivity contribution in [1.82, 2.24) is 5.16 Å². The van der Waals surface area contributed by atoms with Crippen LogP contribution in [0, 0.1) is 6.92 Å². The molecule has 2 aromatic carbocycles. The van der Waals surface area contributed by atoms with Gasteiger partial charge in [-0.2, -0.15) is 0 Å². The standard InChI is InChI=1S/C23H17ClN2O4/c1-3-13-7-8-17-16(10-13)21(27)19-20(14-5-4-6-15(24)11-14)26(23(28)22(19)29-17)18-9-12(2)30-25-18/h4-11,20H,3H2,1-2H3. The highest BCUT2D eigenvalue weighted by molar-refractivity contribution is 6.30.